The molecule has 5 heteroatoms. The summed E-state index contributed by atoms with van der Waals surface area (Å²) < 4.78 is 5.18. The summed E-state index contributed by atoms with van der Waals surface area (Å²) in [6.45, 7) is 3.86. The van der Waals surface area contributed by atoms with Gasteiger partial charge in [-0.2, -0.15) is 0 Å². The van der Waals surface area contributed by atoms with Crippen molar-refractivity contribution in [1.82, 2.24) is 10.2 Å². The summed E-state index contributed by atoms with van der Waals surface area (Å²) in [5.74, 6) is 0.410. The quantitative estimate of drug-likeness (QED) is 0.829. The summed E-state index contributed by atoms with van der Waals surface area (Å²) >= 11 is 0. The van der Waals surface area contributed by atoms with Gasteiger partial charge in [0.25, 0.3) is 0 Å². The molecule has 0 bridgehead atoms. The molecular formula is C13H20N2O3. The molecule has 1 aromatic rings. The molecule has 2 heterocycles. The Labute approximate surface area is 107 Å². The highest BCUT2D eigenvalue weighted by molar-refractivity contribution is 5.87. The molecular weight excluding hydrogens is 232 g/mol. The predicted octanol–water partition coefficient (Wildman–Crippen LogP) is 1.41. The molecule has 1 aliphatic rings. The van der Waals surface area contributed by atoms with Crippen LogP contribution in [0, 0.1) is 5.92 Å². The van der Waals surface area contributed by atoms with Gasteiger partial charge in [0.15, 0.2) is 0 Å². The molecule has 18 heavy (non-hydrogen) atoms. The Morgan fingerprint density at radius 2 is 2.50 bits per heavy atom. The Hall–Kier alpha value is -1.33. The molecule has 1 atom stereocenters. The van der Waals surface area contributed by atoms with Gasteiger partial charge in [-0.15, -0.1) is 0 Å². The first-order valence-electron chi connectivity index (χ1n) is 6.35. The van der Waals surface area contributed by atoms with Crippen LogP contribution in [0.2, 0.25) is 0 Å². The number of likely N-dealkylation sites (tertiary alicyclic amines) is 1. The number of nitrogens with one attached hydrogen (secondary N) is 1. The van der Waals surface area contributed by atoms with E-state index in [-0.39, 0.29) is 5.56 Å². The SMILES string of the molecule is CN1CCCC(CNCc2cc(C(=O)O)co2)C1. The van der Waals surface area contributed by atoms with Crippen LogP contribution in [0.3, 0.4) is 0 Å². The van der Waals surface area contributed by atoms with E-state index in [1.807, 2.05) is 0 Å². The second kappa shape index (κ2) is 6.02. The number of carbonyl (C=O) groups is 1. The summed E-state index contributed by atoms with van der Waals surface area (Å²) in [6.07, 6.45) is 3.80. The Morgan fingerprint density at radius 1 is 1.67 bits per heavy atom. The molecule has 0 amide bonds. The smallest absolute Gasteiger partial charge is 0.338 e. The summed E-state index contributed by atoms with van der Waals surface area (Å²) in [5, 5.41) is 12.1. The van der Waals surface area contributed by atoms with Crippen LogP contribution >= 0.6 is 0 Å². The highest BCUT2D eigenvalue weighted by Gasteiger charge is 2.16. The fourth-order valence-electron chi connectivity index (χ4n) is 2.42. The van der Waals surface area contributed by atoms with Gasteiger partial charge in [0.1, 0.15) is 12.0 Å². The number of carboxylic acid groups (broad SMARTS) is 1. The van der Waals surface area contributed by atoms with Gasteiger partial charge in [-0.05, 0) is 45.0 Å². The molecule has 2 rings (SSSR count). The van der Waals surface area contributed by atoms with Crippen LogP contribution in [0.1, 0.15) is 29.0 Å². The number of furan rings is 1. The van der Waals surface area contributed by atoms with Crippen LogP contribution in [0.25, 0.3) is 0 Å². The second-order valence-corrected chi connectivity index (χ2v) is 5.01. The fraction of sp³-hybridized carbons (Fsp3) is 0.615. The van der Waals surface area contributed by atoms with Crippen LogP contribution < -0.4 is 5.32 Å². The van der Waals surface area contributed by atoms with Crippen LogP contribution in [-0.2, 0) is 6.54 Å². The minimum absolute atomic E-state index is 0.212. The lowest BCUT2D eigenvalue weighted by atomic mass is 9.98. The van der Waals surface area contributed by atoms with Crippen LogP contribution in [0.15, 0.2) is 16.7 Å². The standard InChI is InChI=1S/C13H20N2O3/c1-15-4-2-3-10(8-15)6-14-7-12-5-11(9-18-12)13(16)17/h5,9-10,14H,2-4,6-8H2,1H3,(H,16,17). The van der Waals surface area contributed by atoms with Crippen molar-refractivity contribution in [3.8, 4) is 0 Å². The monoisotopic (exact) mass is 252 g/mol. The fourth-order valence-corrected chi connectivity index (χ4v) is 2.42. The normalized spacial score (nSPS) is 21.1. The van der Waals surface area contributed by atoms with E-state index < -0.39 is 5.97 Å². The average molecular weight is 252 g/mol. The third kappa shape index (κ3) is 3.58. The van der Waals surface area contributed by atoms with Gasteiger partial charge < -0.3 is 19.7 Å². The van der Waals surface area contributed by atoms with Crippen molar-refractivity contribution in [3.63, 3.8) is 0 Å². The minimum atomic E-state index is -0.945. The van der Waals surface area contributed by atoms with Gasteiger partial charge in [-0.1, -0.05) is 0 Å². The van der Waals surface area contributed by atoms with E-state index in [1.54, 1.807) is 6.07 Å². The zero-order valence-electron chi connectivity index (χ0n) is 10.7. The van der Waals surface area contributed by atoms with E-state index in [1.165, 1.54) is 25.6 Å². The van der Waals surface area contributed by atoms with Crippen molar-refractivity contribution in [3.05, 3.63) is 23.7 Å². The summed E-state index contributed by atoms with van der Waals surface area (Å²) in [4.78, 5) is 13.0. The molecule has 0 spiro atoms. The Bertz CT molecular complexity index is 403. The van der Waals surface area contributed by atoms with E-state index in [9.17, 15) is 4.79 Å². The van der Waals surface area contributed by atoms with Gasteiger partial charge in [0.2, 0.25) is 0 Å². The molecule has 1 unspecified atom stereocenters. The zero-order chi connectivity index (χ0) is 13.0. The predicted molar refractivity (Wildman–Crippen MR) is 67.6 cm³/mol. The van der Waals surface area contributed by atoms with Crippen molar-refractivity contribution in [1.29, 1.82) is 0 Å². The molecule has 5 nitrogen and oxygen atoms in total. The lowest BCUT2D eigenvalue weighted by Crippen LogP contribution is -2.37. The largest absolute Gasteiger partial charge is 0.478 e. The maximum Gasteiger partial charge on any atom is 0.338 e. The Kier molecular flexibility index (Phi) is 4.38. The lowest BCUT2D eigenvalue weighted by molar-refractivity contribution is 0.0696. The average Bonchev–Trinajstić information content (AvgIpc) is 2.78. The van der Waals surface area contributed by atoms with Crippen molar-refractivity contribution in [2.24, 2.45) is 5.92 Å². The van der Waals surface area contributed by atoms with Crippen molar-refractivity contribution in [2.75, 3.05) is 26.7 Å². The van der Waals surface area contributed by atoms with Crippen molar-refractivity contribution < 1.29 is 14.3 Å². The van der Waals surface area contributed by atoms with Crippen LogP contribution in [0.4, 0.5) is 0 Å². The van der Waals surface area contributed by atoms with Gasteiger partial charge >= 0.3 is 5.97 Å². The van der Waals surface area contributed by atoms with Gasteiger partial charge in [-0.25, -0.2) is 4.79 Å². The molecule has 1 aliphatic heterocycles. The highest BCUT2D eigenvalue weighted by Crippen LogP contribution is 2.14. The Morgan fingerprint density at radius 3 is 3.17 bits per heavy atom. The van der Waals surface area contributed by atoms with E-state index >= 15 is 0 Å². The molecule has 2 N–H and O–H groups in total. The molecule has 0 aliphatic carbocycles. The molecule has 0 radical (unpaired) electrons. The van der Waals surface area contributed by atoms with Gasteiger partial charge in [-0.3, -0.25) is 0 Å². The summed E-state index contributed by atoms with van der Waals surface area (Å²) in [7, 11) is 2.15. The third-order valence-corrected chi connectivity index (χ3v) is 3.36. The summed E-state index contributed by atoms with van der Waals surface area (Å²) in [6, 6.07) is 1.57. The van der Waals surface area contributed by atoms with E-state index in [4.69, 9.17) is 9.52 Å². The number of aromatic carboxylic acids is 1. The zero-order valence-corrected chi connectivity index (χ0v) is 10.7. The first kappa shape index (κ1) is 13.1. The number of hydrogen-bond donors (Lipinski definition) is 2. The molecule has 1 saturated heterocycles. The Balaban J connectivity index is 1.72. The molecule has 0 aromatic carbocycles. The van der Waals surface area contributed by atoms with Gasteiger partial charge in [0.05, 0.1) is 12.1 Å². The van der Waals surface area contributed by atoms with Crippen LogP contribution in [0.5, 0.6) is 0 Å². The topological polar surface area (TPSA) is 65.7 Å². The minimum Gasteiger partial charge on any atom is -0.478 e. The first-order chi connectivity index (χ1) is 8.65. The van der Waals surface area contributed by atoms with Gasteiger partial charge in [0, 0.05) is 6.54 Å². The van der Waals surface area contributed by atoms with E-state index in [0.717, 1.165) is 13.1 Å². The van der Waals surface area contributed by atoms with Crippen LogP contribution in [-0.4, -0.2) is 42.7 Å². The third-order valence-electron chi connectivity index (χ3n) is 3.36. The second-order valence-electron chi connectivity index (χ2n) is 5.01. The maximum atomic E-state index is 10.7. The number of nitrogens with zero attached hydrogens (tertiary/aromatic N) is 1. The lowest BCUT2D eigenvalue weighted by Gasteiger charge is -2.29. The molecule has 100 valence electrons. The van der Waals surface area contributed by atoms with E-state index in [0.29, 0.717) is 18.2 Å². The molecule has 0 saturated carbocycles. The van der Waals surface area contributed by atoms with Crippen molar-refractivity contribution in [2.45, 2.75) is 19.4 Å². The van der Waals surface area contributed by atoms with Crippen molar-refractivity contribution >= 4 is 5.97 Å². The molecule has 1 fully saturated rings. The highest BCUT2D eigenvalue weighted by atomic mass is 16.4. The number of piperidine rings is 1. The number of hydrogen-bond acceptors (Lipinski definition) is 4. The number of carboxylic acids is 1. The first-order valence-corrected chi connectivity index (χ1v) is 6.35. The molecule has 1 aromatic heterocycles. The maximum absolute atomic E-state index is 10.7. The summed E-state index contributed by atoms with van der Waals surface area (Å²) in [5.41, 5.74) is 0.212. The number of rotatable bonds is 5. The van der Waals surface area contributed by atoms with E-state index in [2.05, 4.69) is 17.3 Å².